The molecule has 1 aliphatic rings. The van der Waals surface area contributed by atoms with Gasteiger partial charge in [-0.3, -0.25) is 14.4 Å². The van der Waals surface area contributed by atoms with Crippen LogP contribution in [0.1, 0.15) is 28.7 Å². The molecule has 0 atom stereocenters. The number of carbonyl (C=O) groups excluding carboxylic acids is 1. The van der Waals surface area contributed by atoms with Crippen molar-refractivity contribution in [3.63, 3.8) is 0 Å². The first kappa shape index (κ1) is 21.9. The van der Waals surface area contributed by atoms with E-state index in [0.717, 1.165) is 30.0 Å². The van der Waals surface area contributed by atoms with Gasteiger partial charge in [0.05, 0.1) is 17.4 Å². The summed E-state index contributed by atoms with van der Waals surface area (Å²) >= 11 is 0. The van der Waals surface area contributed by atoms with E-state index in [9.17, 15) is 13.2 Å². The Morgan fingerprint density at radius 1 is 1.27 bits per heavy atom. The summed E-state index contributed by atoms with van der Waals surface area (Å²) in [7, 11) is -2.02. The van der Waals surface area contributed by atoms with E-state index in [1.807, 2.05) is 19.1 Å². The van der Waals surface area contributed by atoms with Gasteiger partial charge < -0.3 is 10.6 Å². The molecule has 0 bridgehead atoms. The lowest BCUT2D eigenvalue weighted by Crippen LogP contribution is -2.54. The van der Waals surface area contributed by atoms with Gasteiger partial charge in [0, 0.05) is 39.4 Å². The number of hydrogen-bond donors (Lipinski definition) is 4. The number of likely N-dealkylation sites (tertiary alicyclic amines) is 1. The quantitative estimate of drug-likeness (QED) is 0.458. The second kappa shape index (κ2) is 9.37. The first-order valence-electron chi connectivity index (χ1n) is 9.70. The molecule has 2 aromatic rings. The van der Waals surface area contributed by atoms with Crippen molar-refractivity contribution in [2.75, 3.05) is 36.7 Å². The molecule has 2 aromatic heterocycles. The highest BCUT2D eigenvalue weighted by Crippen LogP contribution is 2.21. The summed E-state index contributed by atoms with van der Waals surface area (Å²) in [5.74, 6) is 0.0884. The van der Waals surface area contributed by atoms with E-state index < -0.39 is 10.2 Å². The molecule has 30 heavy (non-hydrogen) atoms. The van der Waals surface area contributed by atoms with Crippen LogP contribution in [0.3, 0.4) is 0 Å². The van der Waals surface area contributed by atoms with Crippen molar-refractivity contribution in [3.8, 4) is 0 Å². The lowest BCUT2D eigenvalue weighted by atomic mass is 10.1. The number of anilines is 2. The topological polar surface area (TPSA) is 128 Å². The van der Waals surface area contributed by atoms with E-state index in [4.69, 9.17) is 0 Å². The van der Waals surface area contributed by atoms with Crippen LogP contribution in [-0.2, 0) is 16.8 Å². The van der Waals surface area contributed by atoms with Gasteiger partial charge in [0.2, 0.25) is 0 Å². The summed E-state index contributed by atoms with van der Waals surface area (Å²) in [6.07, 6.45) is 1.59. The molecule has 162 valence electrons. The molecule has 0 radical (unpaired) electrons. The van der Waals surface area contributed by atoms with Crippen LogP contribution in [0.5, 0.6) is 0 Å². The summed E-state index contributed by atoms with van der Waals surface area (Å²) in [5.41, 5.74) is 3.07. The van der Waals surface area contributed by atoms with Crippen molar-refractivity contribution in [1.29, 1.82) is 0 Å². The number of nitrogens with zero attached hydrogens (tertiary/aromatic N) is 3. The number of amides is 1. The van der Waals surface area contributed by atoms with Crippen molar-refractivity contribution in [2.24, 2.45) is 0 Å². The predicted molar refractivity (Wildman–Crippen MR) is 116 cm³/mol. The second-order valence-electron chi connectivity index (χ2n) is 7.10. The molecule has 3 heterocycles. The number of aryl methyl sites for hydroxylation is 1. The lowest BCUT2D eigenvalue weighted by molar-refractivity contribution is 0.0958. The number of carbonyl (C=O) groups is 1. The van der Waals surface area contributed by atoms with Gasteiger partial charge in [-0.2, -0.15) is 13.1 Å². The minimum absolute atomic E-state index is 0.205. The van der Waals surface area contributed by atoms with E-state index in [1.54, 1.807) is 32.3 Å². The monoisotopic (exact) mass is 433 g/mol. The molecular formula is C19H27N7O3S. The minimum atomic E-state index is -3.60. The third kappa shape index (κ3) is 5.65. The molecule has 0 aromatic carbocycles. The smallest absolute Gasteiger partial charge is 0.300 e. The van der Waals surface area contributed by atoms with Crippen LogP contribution in [0.4, 0.5) is 11.5 Å². The van der Waals surface area contributed by atoms with Crippen molar-refractivity contribution in [2.45, 2.75) is 26.4 Å². The van der Waals surface area contributed by atoms with Gasteiger partial charge in [-0.25, -0.2) is 9.97 Å². The molecule has 1 fully saturated rings. The highest BCUT2D eigenvalue weighted by molar-refractivity contribution is 7.90. The van der Waals surface area contributed by atoms with Gasteiger partial charge in [-0.1, -0.05) is 6.92 Å². The molecule has 0 unspecified atom stereocenters. The molecule has 11 heteroatoms. The fourth-order valence-electron chi connectivity index (χ4n) is 3.23. The Morgan fingerprint density at radius 3 is 2.70 bits per heavy atom. The zero-order valence-corrected chi connectivity index (χ0v) is 18.1. The van der Waals surface area contributed by atoms with Crippen LogP contribution < -0.4 is 20.1 Å². The van der Waals surface area contributed by atoms with E-state index in [0.29, 0.717) is 24.6 Å². The van der Waals surface area contributed by atoms with Crippen LogP contribution in [0.2, 0.25) is 0 Å². The summed E-state index contributed by atoms with van der Waals surface area (Å²) in [6.45, 7) is 6.28. The van der Waals surface area contributed by atoms with Gasteiger partial charge >= 0.3 is 0 Å². The Bertz CT molecular complexity index is 1010. The molecule has 1 amide bonds. The molecule has 0 saturated carbocycles. The highest BCUT2D eigenvalue weighted by Gasteiger charge is 2.27. The SMILES string of the molecule is CCNS(=O)(=O)Nc1cc(CN2CC(Nc3ccc(C(=O)NC)nc3C)C2)ccn1. The van der Waals surface area contributed by atoms with Crippen LogP contribution in [0.25, 0.3) is 0 Å². The largest absolute Gasteiger partial charge is 0.378 e. The third-order valence-electron chi connectivity index (χ3n) is 4.67. The first-order valence-corrected chi connectivity index (χ1v) is 11.2. The number of pyridine rings is 2. The molecule has 10 nitrogen and oxygen atoms in total. The molecule has 1 saturated heterocycles. The Balaban J connectivity index is 1.52. The van der Waals surface area contributed by atoms with Crippen LogP contribution in [-0.4, -0.2) is 61.9 Å². The average Bonchev–Trinajstić information content (AvgIpc) is 2.66. The van der Waals surface area contributed by atoms with Gasteiger partial charge in [0.25, 0.3) is 16.1 Å². The fraction of sp³-hybridized carbons (Fsp3) is 0.421. The fourth-order valence-corrected chi connectivity index (χ4v) is 4.07. The summed E-state index contributed by atoms with van der Waals surface area (Å²) in [6, 6.07) is 7.47. The molecule has 0 spiro atoms. The van der Waals surface area contributed by atoms with Crippen LogP contribution >= 0.6 is 0 Å². The normalized spacial score (nSPS) is 14.8. The molecule has 4 N–H and O–H groups in total. The van der Waals surface area contributed by atoms with Gasteiger partial charge in [-0.15, -0.1) is 0 Å². The Morgan fingerprint density at radius 2 is 2.03 bits per heavy atom. The number of aromatic nitrogens is 2. The molecular weight excluding hydrogens is 406 g/mol. The number of nitrogens with one attached hydrogen (secondary N) is 4. The summed E-state index contributed by atoms with van der Waals surface area (Å²) < 4.78 is 28.4. The standard InChI is InChI=1S/C19H27N7O3S/c1-4-22-30(28,29)25-18-9-14(7-8-21-18)10-26-11-15(12-26)24-16-5-6-17(19(27)20-3)23-13(16)2/h5-9,15,22,24H,4,10-12H2,1-3H3,(H,20,27)(H,21,25). The van der Waals surface area contributed by atoms with Crippen molar-refractivity contribution < 1.29 is 13.2 Å². The number of hydrogen-bond acceptors (Lipinski definition) is 7. The van der Waals surface area contributed by atoms with Gasteiger partial charge in [0.15, 0.2) is 0 Å². The van der Waals surface area contributed by atoms with Crippen molar-refractivity contribution in [3.05, 3.63) is 47.4 Å². The summed E-state index contributed by atoms with van der Waals surface area (Å²) in [4.78, 5) is 22.3. The predicted octanol–water partition coefficient (Wildman–Crippen LogP) is 0.707. The number of rotatable bonds is 9. The summed E-state index contributed by atoms with van der Waals surface area (Å²) in [5, 5.41) is 6.02. The van der Waals surface area contributed by atoms with Gasteiger partial charge in [0.1, 0.15) is 11.5 Å². The zero-order valence-electron chi connectivity index (χ0n) is 17.3. The first-order chi connectivity index (χ1) is 14.3. The second-order valence-corrected chi connectivity index (χ2v) is 8.60. The van der Waals surface area contributed by atoms with Crippen molar-refractivity contribution in [1.82, 2.24) is 24.9 Å². The molecule has 1 aliphatic heterocycles. The maximum Gasteiger partial charge on any atom is 0.300 e. The minimum Gasteiger partial charge on any atom is -0.378 e. The maximum absolute atomic E-state index is 11.8. The van der Waals surface area contributed by atoms with Crippen LogP contribution in [0, 0.1) is 6.92 Å². The Labute approximate surface area is 176 Å². The molecule has 3 rings (SSSR count). The van der Waals surface area contributed by atoms with E-state index in [2.05, 4.69) is 34.9 Å². The van der Waals surface area contributed by atoms with Crippen LogP contribution in [0.15, 0.2) is 30.5 Å². The van der Waals surface area contributed by atoms with E-state index in [1.165, 1.54) is 0 Å². The van der Waals surface area contributed by atoms with Crippen molar-refractivity contribution >= 4 is 27.6 Å². The lowest BCUT2D eigenvalue weighted by Gasteiger charge is -2.40. The average molecular weight is 434 g/mol. The maximum atomic E-state index is 11.8. The highest BCUT2D eigenvalue weighted by atomic mass is 32.2. The Hall–Kier alpha value is -2.76. The van der Waals surface area contributed by atoms with E-state index in [-0.39, 0.29) is 11.9 Å². The third-order valence-corrected chi connectivity index (χ3v) is 5.81. The Kier molecular flexibility index (Phi) is 6.85. The van der Waals surface area contributed by atoms with E-state index >= 15 is 0 Å². The van der Waals surface area contributed by atoms with Gasteiger partial charge in [-0.05, 0) is 36.8 Å². The molecule has 0 aliphatic carbocycles. The zero-order chi connectivity index (χ0) is 21.7.